The van der Waals surface area contributed by atoms with Crippen LogP contribution in [-0.4, -0.2) is 4.98 Å². The van der Waals surface area contributed by atoms with Gasteiger partial charge in [-0.25, -0.2) is 8.78 Å². The third-order valence-electron chi connectivity index (χ3n) is 2.55. The Hall–Kier alpha value is -1.88. The highest BCUT2D eigenvalue weighted by atomic mass is 35.5. The fraction of sp³-hybridized carbons (Fsp3) is 0.154. The first-order valence-corrected chi connectivity index (χ1v) is 5.82. The fourth-order valence-electron chi connectivity index (χ4n) is 1.69. The summed E-state index contributed by atoms with van der Waals surface area (Å²) < 4.78 is 31.9. The van der Waals surface area contributed by atoms with Gasteiger partial charge < -0.3 is 10.5 Å². The molecule has 0 saturated heterocycles. The molecule has 2 N–H and O–H groups in total. The normalized spacial score (nSPS) is 10.6. The van der Waals surface area contributed by atoms with Gasteiger partial charge in [-0.3, -0.25) is 0 Å². The van der Waals surface area contributed by atoms with Crippen molar-refractivity contribution in [2.75, 3.05) is 5.73 Å². The van der Waals surface area contributed by atoms with Gasteiger partial charge >= 0.3 is 0 Å². The lowest BCUT2D eigenvalue weighted by molar-refractivity contribution is 0.413. The van der Waals surface area contributed by atoms with Crippen LogP contribution >= 0.6 is 11.6 Å². The van der Waals surface area contributed by atoms with Crippen molar-refractivity contribution in [3.63, 3.8) is 0 Å². The van der Waals surface area contributed by atoms with Crippen molar-refractivity contribution in [1.29, 1.82) is 0 Å². The van der Waals surface area contributed by atoms with Gasteiger partial charge in [0.15, 0.2) is 17.5 Å². The molecule has 2 aromatic rings. The Morgan fingerprint density at radius 1 is 1.11 bits per heavy atom. The van der Waals surface area contributed by atoms with Crippen LogP contribution in [0.25, 0.3) is 0 Å². The predicted molar refractivity (Wildman–Crippen MR) is 69.6 cm³/mol. The number of aryl methyl sites for hydroxylation is 2. The number of aromatic nitrogens is 1. The van der Waals surface area contributed by atoms with Crippen LogP contribution in [0.5, 0.6) is 11.6 Å². The Bertz CT molecular complexity index is 624. The summed E-state index contributed by atoms with van der Waals surface area (Å²) in [7, 11) is 0. The summed E-state index contributed by atoms with van der Waals surface area (Å²) in [6, 6.07) is 3.99. The summed E-state index contributed by atoms with van der Waals surface area (Å²) in [4.78, 5) is 3.54. The van der Waals surface area contributed by atoms with Crippen molar-refractivity contribution in [2.45, 2.75) is 13.8 Å². The summed E-state index contributed by atoms with van der Waals surface area (Å²) in [5, 5.41) is 0.550. The molecular formula is C13H11ClF2N2O. The van der Waals surface area contributed by atoms with Crippen LogP contribution < -0.4 is 10.5 Å². The van der Waals surface area contributed by atoms with E-state index >= 15 is 0 Å². The molecule has 0 aliphatic carbocycles. The molecule has 0 atom stereocenters. The molecule has 0 radical (unpaired) electrons. The van der Waals surface area contributed by atoms with Crippen LogP contribution in [-0.2, 0) is 0 Å². The number of nitrogen functional groups attached to an aromatic ring is 1. The smallest absolute Gasteiger partial charge is 0.258 e. The van der Waals surface area contributed by atoms with Gasteiger partial charge in [0, 0.05) is 11.1 Å². The molecule has 1 heterocycles. The highest BCUT2D eigenvalue weighted by Gasteiger charge is 2.14. The Balaban J connectivity index is 2.45. The van der Waals surface area contributed by atoms with Crippen molar-refractivity contribution in [3.05, 3.63) is 46.0 Å². The lowest BCUT2D eigenvalue weighted by atomic mass is 10.1. The maximum atomic E-state index is 13.5. The lowest BCUT2D eigenvalue weighted by Crippen LogP contribution is -2.01. The van der Waals surface area contributed by atoms with E-state index in [0.717, 1.165) is 0 Å². The van der Waals surface area contributed by atoms with Gasteiger partial charge in [0.25, 0.3) is 5.88 Å². The van der Waals surface area contributed by atoms with E-state index in [0.29, 0.717) is 28.0 Å². The average molecular weight is 285 g/mol. The molecule has 19 heavy (non-hydrogen) atoms. The monoisotopic (exact) mass is 284 g/mol. The number of anilines is 1. The van der Waals surface area contributed by atoms with Crippen molar-refractivity contribution in [2.24, 2.45) is 0 Å². The van der Waals surface area contributed by atoms with E-state index in [9.17, 15) is 8.78 Å². The third-order valence-corrected chi connectivity index (χ3v) is 2.77. The van der Waals surface area contributed by atoms with E-state index in [-0.39, 0.29) is 5.88 Å². The van der Waals surface area contributed by atoms with Crippen LogP contribution in [0, 0.1) is 25.5 Å². The summed E-state index contributed by atoms with van der Waals surface area (Å²) >= 11 is 5.89. The SMILES string of the molecule is Cc1cc(Cl)cc(C)c1Oc1nc(N)c(F)cc1F. The van der Waals surface area contributed by atoms with Gasteiger partial charge in [-0.05, 0) is 37.1 Å². The topological polar surface area (TPSA) is 48.1 Å². The molecule has 6 heteroatoms. The quantitative estimate of drug-likeness (QED) is 0.906. The Labute approximate surface area is 114 Å². The van der Waals surface area contributed by atoms with Gasteiger partial charge in [-0.15, -0.1) is 0 Å². The van der Waals surface area contributed by atoms with Crippen molar-refractivity contribution in [1.82, 2.24) is 4.98 Å². The van der Waals surface area contributed by atoms with Crippen LogP contribution in [0.2, 0.25) is 5.02 Å². The van der Waals surface area contributed by atoms with E-state index in [1.165, 1.54) is 0 Å². The van der Waals surface area contributed by atoms with E-state index in [1.807, 2.05) is 0 Å². The van der Waals surface area contributed by atoms with Crippen molar-refractivity contribution < 1.29 is 13.5 Å². The second-order valence-electron chi connectivity index (χ2n) is 4.11. The van der Waals surface area contributed by atoms with Crippen molar-refractivity contribution in [3.8, 4) is 11.6 Å². The van der Waals surface area contributed by atoms with Gasteiger partial charge in [0.2, 0.25) is 0 Å². The summed E-state index contributed by atoms with van der Waals surface area (Å²) in [6.07, 6.45) is 0. The van der Waals surface area contributed by atoms with Crippen LogP contribution in [0.15, 0.2) is 18.2 Å². The fourth-order valence-corrected chi connectivity index (χ4v) is 2.02. The van der Waals surface area contributed by atoms with Gasteiger partial charge in [-0.1, -0.05) is 11.6 Å². The van der Waals surface area contributed by atoms with Gasteiger partial charge in [0.1, 0.15) is 5.75 Å². The molecule has 1 aromatic carbocycles. The summed E-state index contributed by atoms with van der Waals surface area (Å²) in [6.45, 7) is 3.53. The lowest BCUT2D eigenvalue weighted by Gasteiger charge is -2.12. The number of hydrogen-bond donors (Lipinski definition) is 1. The largest absolute Gasteiger partial charge is 0.436 e. The van der Waals surface area contributed by atoms with Crippen molar-refractivity contribution >= 4 is 17.4 Å². The number of rotatable bonds is 2. The average Bonchev–Trinajstić information content (AvgIpc) is 2.29. The van der Waals surface area contributed by atoms with Crippen LogP contribution in [0.4, 0.5) is 14.6 Å². The van der Waals surface area contributed by atoms with Gasteiger partial charge in [0.05, 0.1) is 0 Å². The molecule has 2 rings (SSSR count). The number of nitrogens with zero attached hydrogens (tertiary/aromatic N) is 1. The maximum absolute atomic E-state index is 13.5. The number of hydrogen-bond acceptors (Lipinski definition) is 3. The van der Waals surface area contributed by atoms with Crippen LogP contribution in [0.3, 0.4) is 0 Å². The number of benzene rings is 1. The molecule has 0 spiro atoms. The minimum Gasteiger partial charge on any atom is -0.436 e. The highest BCUT2D eigenvalue weighted by Crippen LogP contribution is 2.32. The molecule has 0 saturated carbocycles. The molecule has 0 bridgehead atoms. The number of nitrogens with two attached hydrogens (primary N) is 1. The first kappa shape index (κ1) is 13.5. The third kappa shape index (κ3) is 2.76. The molecule has 0 fully saturated rings. The number of halogens is 3. The zero-order valence-electron chi connectivity index (χ0n) is 10.3. The number of ether oxygens (including phenoxy) is 1. The van der Waals surface area contributed by atoms with Crippen LogP contribution in [0.1, 0.15) is 11.1 Å². The second-order valence-corrected chi connectivity index (χ2v) is 4.55. The van der Waals surface area contributed by atoms with E-state index in [2.05, 4.69) is 4.98 Å². The molecule has 0 amide bonds. The second kappa shape index (κ2) is 5.01. The maximum Gasteiger partial charge on any atom is 0.258 e. The highest BCUT2D eigenvalue weighted by molar-refractivity contribution is 6.30. The Kier molecular flexibility index (Phi) is 3.57. The molecule has 0 aliphatic heterocycles. The van der Waals surface area contributed by atoms with E-state index in [1.54, 1.807) is 26.0 Å². The number of pyridine rings is 1. The minimum atomic E-state index is -0.922. The van der Waals surface area contributed by atoms with E-state index < -0.39 is 17.5 Å². The first-order chi connectivity index (χ1) is 8.88. The molecule has 100 valence electrons. The minimum absolute atomic E-state index is 0.368. The summed E-state index contributed by atoms with van der Waals surface area (Å²) in [5.41, 5.74) is 6.72. The Morgan fingerprint density at radius 2 is 1.68 bits per heavy atom. The predicted octanol–water partition coefficient (Wildman–Crippen LogP) is 4.00. The molecule has 0 aliphatic rings. The van der Waals surface area contributed by atoms with E-state index in [4.69, 9.17) is 22.1 Å². The molecule has 0 unspecified atom stereocenters. The molecular weight excluding hydrogens is 274 g/mol. The Morgan fingerprint density at radius 3 is 2.26 bits per heavy atom. The standard InChI is InChI=1S/C13H11ClF2N2O/c1-6-3-8(14)4-7(2)11(6)19-13-10(16)5-9(15)12(17)18-13/h3-5H,1-2H3,(H2,17,18). The van der Waals surface area contributed by atoms with Gasteiger partial charge in [-0.2, -0.15) is 4.98 Å². The zero-order valence-corrected chi connectivity index (χ0v) is 11.1. The summed E-state index contributed by atoms with van der Waals surface area (Å²) in [5.74, 6) is -2.20. The zero-order chi connectivity index (χ0) is 14.2. The molecule has 1 aromatic heterocycles. The first-order valence-electron chi connectivity index (χ1n) is 5.44. The molecule has 3 nitrogen and oxygen atoms in total.